The first-order chi connectivity index (χ1) is 16.8. The molecule has 1 aliphatic heterocycles. The Morgan fingerprint density at radius 1 is 1.17 bits per heavy atom. The Labute approximate surface area is 209 Å². The van der Waals surface area contributed by atoms with Crippen LogP contribution >= 0.6 is 11.3 Å². The Hall–Kier alpha value is -2.56. The van der Waals surface area contributed by atoms with Crippen molar-refractivity contribution in [2.75, 3.05) is 18.4 Å². The van der Waals surface area contributed by atoms with E-state index in [0.717, 1.165) is 24.9 Å². The van der Waals surface area contributed by atoms with Gasteiger partial charge >= 0.3 is 0 Å². The minimum absolute atomic E-state index is 0.0559. The normalized spacial score (nSPS) is 17.9. The van der Waals surface area contributed by atoms with Gasteiger partial charge in [-0.2, -0.15) is 9.29 Å². The summed E-state index contributed by atoms with van der Waals surface area (Å²) in [5, 5.41) is 7.05. The third-order valence-corrected chi connectivity index (χ3v) is 10.3. The monoisotopic (exact) mass is 514 g/mol. The van der Waals surface area contributed by atoms with Gasteiger partial charge in [-0.25, -0.2) is 8.42 Å². The van der Waals surface area contributed by atoms with Gasteiger partial charge in [0.2, 0.25) is 27.6 Å². The summed E-state index contributed by atoms with van der Waals surface area (Å²) in [6.45, 7) is 4.52. The van der Waals surface area contributed by atoms with E-state index in [1.807, 2.05) is 24.3 Å². The van der Waals surface area contributed by atoms with Crippen LogP contribution in [0.4, 0.5) is 5.69 Å². The van der Waals surface area contributed by atoms with E-state index < -0.39 is 10.0 Å². The standard InChI is InChI=1S/C25H30N4O4S2/c1-3-17-7-9-20(10-8-17)26-24(30)18-11-13-29(14-12-18)35(31,32)22-15-21(34-16(22)2)23-27-25(33-28-23)19-5-4-6-19/h7-10,15,18-19H,3-6,11-14H2,1-2H3,(H,26,30). The topological polar surface area (TPSA) is 105 Å². The zero-order valence-corrected chi connectivity index (χ0v) is 21.6. The van der Waals surface area contributed by atoms with Gasteiger partial charge in [0.05, 0.1) is 9.77 Å². The summed E-state index contributed by atoms with van der Waals surface area (Å²) in [6.07, 6.45) is 5.22. The van der Waals surface area contributed by atoms with Crippen molar-refractivity contribution in [3.8, 4) is 10.7 Å². The number of amides is 1. The van der Waals surface area contributed by atoms with Crippen LogP contribution in [0, 0.1) is 12.8 Å². The summed E-state index contributed by atoms with van der Waals surface area (Å²) in [5.74, 6) is 1.15. The number of aromatic nitrogens is 2. The third kappa shape index (κ3) is 4.92. The highest BCUT2D eigenvalue weighted by atomic mass is 32.2. The van der Waals surface area contributed by atoms with Crippen molar-refractivity contribution in [3.63, 3.8) is 0 Å². The molecule has 2 aromatic heterocycles. The van der Waals surface area contributed by atoms with E-state index >= 15 is 0 Å². The maximum atomic E-state index is 13.4. The number of piperidine rings is 1. The number of sulfonamides is 1. The van der Waals surface area contributed by atoms with Gasteiger partial charge in [-0.3, -0.25) is 4.79 Å². The fourth-order valence-corrected chi connectivity index (χ4v) is 7.51. The van der Waals surface area contributed by atoms with Crippen molar-refractivity contribution in [1.82, 2.24) is 14.4 Å². The molecular weight excluding hydrogens is 484 g/mol. The summed E-state index contributed by atoms with van der Waals surface area (Å²) in [5.41, 5.74) is 1.98. The van der Waals surface area contributed by atoms with E-state index in [-0.39, 0.29) is 16.7 Å². The van der Waals surface area contributed by atoms with Gasteiger partial charge in [0.1, 0.15) is 0 Å². The number of hydrogen-bond acceptors (Lipinski definition) is 7. The quantitative estimate of drug-likeness (QED) is 0.477. The maximum Gasteiger partial charge on any atom is 0.244 e. The van der Waals surface area contributed by atoms with Crippen molar-refractivity contribution in [3.05, 3.63) is 46.7 Å². The number of benzene rings is 1. The Morgan fingerprint density at radius 2 is 1.89 bits per heavy atom. The van der Waals surface area contributed by atoms with E-state index in [2.05, 4.69) is 22.4 Å². The first-order valence-corrected chi connectivity index (χ1v) is 14.4. The number of hydrogen-bond donors (Lipinski definition) is 1. The number of rotatable bonds is 7. The Balaban J connectivity index is 1.23. The summed E-state index contributed by atoms with van der Waals surface area (Å²) in [6, 6.07) is 9.48. The van der Waals surface area contributed by atoms with Crippen LogP contribution in [0.25, 0.3) is 10.7 Å². The van der Waals surface area contributed by atoms with Crippen LogP contribution in [-0.4, -0.2) is 41.9 Å². The lowest BCUT2D eigenvalue weighted by molar-refractivity contribution is -0.120. The summed E-state index contributed by atoms with van der Waals surface area (Å²) in [7, 11) is -3.67. The fraction of sp³-hybridized carbons (Fsp3) is 0.480. The Morgan fingerprint density at radius 3 is 2.51 bits per heavy atom. The van der Waals surface area contributed by atoms with Gasteiger partial charge in [-0.1, -0.05) is 30.6 Å². The predicted octanol–water partition coefficient (Wildman–Crippen LogP) is 4.98. The second kappa shape index (κ2) is 9.83. The molecule has 1 amide bonds. The molecule has 2 fully saturated rings. The average Bonchev–Trinajstić information content (AvgIpc) is 3.46. The molecular formula is C25H30N4O4S2. The number of carbonyl (C=O) groups excluding carboxylic acids is 1. The van der Waals surface area contributed by atoms with Gasteiger partial charge in [0.15, 0.2) is 0 Å². The van der Waals surface area contributed by atoms with Crippen LogP contribution in [0.15, 0.2) is 39.8 Å². The molecule has 1 N–H and O–H groups in total. The molecule has 0 unspecified atom stereocenters. The summed E-state index contributed by atoms with van der Waals surface area (Å²) < 4.78 is 33.7. The summed E-state index contributed by atoms with van der Waals surface area (Å²) in [4.78, 5) is 18.9. The van der Waals surface area contributed by atoms with Gasteiger partial charge in [-0.15, -0.1) is 11.3 Å². The Kier molecular flexibility index (Phi) is 6.78. The number of thiophene rings is 1. The molecule has 1 aromatic carbocycles. The van der Waals surface area contributed by atoms with Gasteiger partial charge in [-0.05, 0) is 62.8 Å². The molecule has 0 spiro atoms. The number of aryl methyl sites for hydroxylation is 2. The van der Waals surface area contributed by atoms with Crippen LogP contribution in [0.5, 0.6) is 0 Å². The molecule has 2 aliphatic rings. The summed E-state index contributed by atoms with van der Waals surface area (Å²) >= 11 is 1.36. The largest absolute Gasteiger partial charge is 0.339 e. The number of nitrogens with zero attached hydrogens (tertiary/aromatic N) is 3. The van der Waals surface area contributed by atoms with Gasteiger partial charge in [0.25, 0.3) is 0 Å². The van der Waals surface area contributed by atoms with Gasteiger partial charge in [0, 0.05) is 35.5 Å². The molecule has 1 saturated carbocycles. The Bertz CT molecular complexity index is 1300. The lowest BCUT2D eigenvalue weighted by atomic mass is 9.85. The van der Waals surface area contributed by atoms with E-state index in [0.29, 0.717) is 53.3 Å². The second-order valence-corrected chi connectivity index (χ2v) is 12.5. The smallest absolute Gasteiger partial charge is 0.244 e. The molecule has 0 radical (unpaired) electrons. The SMILES string of the molecule is CCc1ccc(NC(=O)C2CCN(S(=O)(=O)c3cc(-c4noc(C5CCC5)n4)sc3C)CC2)cc1. The zero-order chi connectivity index (χ0) is 24.6. The lowest BCUT2D eigenvalue weighted by Gasteiger charge is -2.30. The number of anilines is 1. The van der Waals surface area contributed by atoms with Gasteiger partial charge < -0.3 is 9.84 Å². The van der Waals surface area contributed by atoms with Crippen molar-refractivity contribution in [1.29, 1.82) is 0 Å². The molecule has 186 valence electrons. The van der Waals surface area contributed by atoms with E-state index in [1.54, 1.807) is 13.0 Å². The molecule has 0 bridgehead atoms. The fourth-order valence-electron chi connectivity index (χ4n) is 4.55. The highest BCUT2D eigenvalue weighted by Crippen LogP contribution is 2.38. The second-order valence-electron chi connectivity index (χ2n) is 9.33. The average molecular weight is 515 g/mol. The van der Waals surface area contributed by atoms with E-state index in [9.17, 15) is 13.2 Å². The molecule has 0 atom stereocenters. The third-order valence-electron chi connectivity index (χ3n) is 7.06. The highest BCUT2D eigenvalue weighted by molar-refractivity contribution is 7.89. The number of carbonyl (C=O) groups is 1. The zero-order valence-electron chi connectivity index (χ0n) is 20.0. The molecule has 35 heavy (non-hydrogen) atoms. The predicted molar refractivity (Wildman–Crippen MR) is 135 cm³/mol. The lowest BCUT2D eigenvalue weighted by Crippen LogP contribution is -2.41. The molecule has 3 aromatic rings. The van der Waals surface area contributed by atoms with Crippen molar-refractivity contribution in [2.45, 2.75) is 63.2 Å². The van der Waals surface area contributed by atoms with E-state index in [1.165, 1.54) is 27.6 Å². The van der Waals surface area contributed by atoms with Crippen molar-refractivity contribution < 1.29 is 17.7 Å². The molecule has 10 heteroatoms. The maximum absolute atomic E-state index is 13.4. The van der Waals surface area contributed by atoms with E-state index in [4.69, 9.17) is 4.52 Å². The van der Waals surface area contributed by atoms with Crippen LogP contribution < -0.4 is 5.32 Å². The van der Waals surface area contributed by atoms with Crippen LogP contribution in [0.1, 0.15) is 61.3 Å². The molecule has 5 rings (SSSR count). The van der Waals surface area contributed by atoms with Crippen LogP contribution in [-0.2, 0) is 21.2 Å². The minimum Gasteiger partial charge on any atom is -0.339 e. The first-order valence-electron chi connectivity index (χ1n) is 12.2. The highest BCUT2D eigenvalue weighted by Gasteiger charge is 2.34. The molecule has 1 saturated heterocycles. The van der Waals surface area contributed by atoms with Crippen LogP contribution in [0.3, 0.4) is 0 Å². The first kappa shape index (κ1) is 24.1. The number of nitrogens with one attached hydrogen (secondary N) is 1. The molecule has 3 heterocycles. The minimum atomic E-state index is -3.67. The van der Waals surface area contributed by atoms with Crippen LogP contribution in [0.2, 0.25) is 0 Å². The molecule has 8 nitrogen and oxygen atoms in total. The van der Waals surface area contributed by atoms with Crippen molar-refractivity contribution in [2.24, 2.45) is 5.92 Å². The van der Waals surface area contributed by atoms with Crippen molar-refractivity contribution >= 4 is 33.0 Å². The molecule has 1 aliphatic carbocycles.